The van der Waals surface area contributed by atoms with Crippen molar-refractivity contribution in [2.24, 2.45) is 23.7 Å². The molecule has 1 heteroatoms. The summed E-state index contributed by atoms with van der Waals surface area (Å²) in [4.78, 5) is 0. The van der Waals surface area contributed by atoms with Crippen LogP contribution in [0.5, 0.6) is 0 Å². The summed E-state index contributed by atoms with van der Waals surface area (Å²) in [6, 6.07) is 0. The number of allylic oxidation sites excluding steroid dienone is 1. The maximum Gasteiger partial charge on any atom is 0.101 e. The maximum absolute atomic E-state index is 6.24. The van der Waals surface area contributed by atoms with Crippen LogP contribution < -0.4 is 0 Å². The molecule has 3 aliphatic rings. The quantitative estimate of drug-likeness (QED) is 0.460. The maximum atomic E-state index is 6.24. The Hall–Kier alpha value is -0.460. The Morgan fingerprint density at radius 1 is 0.800 bits per heavy atom. The second kappa shape index (κ2) is 10.0. The van der Waals surface area contributed by atoms with Crippen LogP contribution in [-0.4, -0.2) is 6.10 Å². The fourth-order valence-electron chi connectivity index (χ4n) is 5.74. The van der Waals surface area contributed by atoms with Gasteiger partial charge in [0.15, 0.2) is 0 Å². The van der Waals surface area contributed by atoms with Gasteiger partial charge < -0.3 is 4.74 Å². The number of hydrogen-bond donors (Lipinski definition) is 0. The first-order chi connectivity index (χ1) is 12.3. The van der Waals surface area contributed by atoms with Crippen LogP contribution >= 0.6 is 0 Å². The lowest BCUT2D eigenvalue weighted by Gasteiger charge is -2.35. The Bertz CT molecular complexity index is 396. The second-order valence-corrected chi connectivity index (χ2v) is 9.39. The third kappa shape index (κ3) is 5.76. The molecular formula is C24H42O. The molecule has 3 rings (SSSR count). The largest absolute Gasteiger partial charge is 0.498 e. The van der Waals surface area contributed by atoms with Crippen molar-refractivity contribution in [2.75, 3.05) is 0 Å². The van der Waals surface area contributed by atoms with Crippen molar-refractivity contribution in [3.8, 4) is 0 Å². The van der Waals surface area contributed by atoms with Crippen LogP contribution in [0.1, 0.15) is 110 Å². The average molecular weight is 347 g/mol. The van der Waals surface area contributed by atoms with Crippen molar-refractivity contribution >= 4 is 0 Å². The zero-order chi connectivity index (χ0) is 17.5. The summed E-state index contributed by atoms with van der Waals surface area (Å²) in [5.74, 6) is 3.88. The Kier molecular flexibility index (Phi) is 7.74. The van der Waals surface area contributed by atoms with Crippen molar-refractivity contribution < 1.29 is 4.74 Å². The molecule has 0 N–H and O–H groups in total. The topological polar surface area (TPSA) is 9.23 Å². The molecule has 1 heterocycles. The fraction of sp³-hybridized carbons (Fsp3) is 0.917. The highest BCUT2D eigenvalue weighted by molar-refractivity contribution is 5.03. The van der Waals surface area contributed by atoms with Crippen molar-refractivity contribution in [2.45, 2.75) is 116 Å². The zero-order valence-electron chi connectivity index (χ0n) is 17.0. The molecule has 0 aromatic heterocycles. The molecule has 2 aliphatic carbocycles. The van der Waals surface area contributed by atoms with E-state index in [0.29, 0.717) is 6.10 Å². The summed E-state index contributed by atoms with van der Waals surface area (Å²) >= 11 is 0. The lowest BCUT2D eigenvalue weighted by molar-refractivity contribution is 0.0386. The summed E-state index contributed by atoms with van der Waals surface area (Å²) in [7, 11) is 0. The van der Waals surface area contributed by atoms with Crippen molar-refractivity contribution in [1.29, 1.82) is 0 Å². The van der Waals surface area contributed by atoms with Gasteiger partial charge in [0, 0.05) is 0 Å². The van der Waals surface area contributed by atoms with Gasteiger partial charge in [0.1, 0.15) is 6.10 Å². The Balaban J connectivity index is 1.34. The molecule has 0 aromatic rings. The number of ether oxygens (including phenoxy) is 1. The molecular weight excluding hydrogens is 304 g/mol. The smallest absolute Gasteiger partial charge is 0.101 e. The van der Waals surface area contributed by atoms with Crippen LogP contribution in [0.15, 0.2) is 11.8 Å². The Labute approximate surface area is 157 Å². The molecule has 0 aromatic carbocycles. The first-order valence-corrected chi connectivity index (χ1v) is 11.6. The lowest BCUT2D eigenvalue weighted by atomic mass is 9.76. The Morgan fingerprint density at radius 3 is 2.04 bits per heavy atom. The van der Waals surface area contributed by atoms with Gasteiger partial charge in [-0.25, -0.2) is 0 Å². The molecule has 0 radical (unpaired) electrons. The predicted octanol–water partition coefficient (Wildman–Crippen LogP) is 7.65. The molecule has 1 atom stereocenters. The van der Waals surface area contributed by atoms with E-state index in [1.807, 2.05) is 0 Å². The van der Waals surface area contributed by atoms with Crippen molar-refractivity contribution in [3.05, 3.63) is 11.8 Å². The van der Waals surface area contributed by atoms with E-state index >= 15 is 0 Å². The third-order valence-corrected chi connectivity index (χ3v) is 7.69. The molecule has 0 bridgehead atoms. The molecule has 144 valence electrons. The second-order valence-electron chi connectivity index (χ2n) is 9.39. The molecule has 1 aliphatic heterocycles. The predicted molar refractivity (Wildman–Crippen MR) is 108 cm³/mol. The zero-order valence-corrected chi connectivity index (χ0v) is 17.0. The van der Waals surface area contributed by atoms with Crippen LogP contribution in [0.4, 0.5) is 0 Å². The summed E-state index contributed by atoms with van der Waals surface area (Å²) in [6.45, 7) is 4.69. The first kappa shape index (κ1) is 19.3. The van der Waals surface area contributed by atoms with Gasteiger partial charge in [-0.3, -0.25) is 0 Å². The lowest BCUT2D eigenvalue weighted by Crippen LogP contribution is -2.29. The van der Waals surface area contributed by atoms with Gasteiger partial charge in [0.2, 0.25) is 0 Å². The highest BCUT2D eigenvalue weighted by Gasteiger charge is 2.30. The Morgan fingerprint density at radius 2 is 1.44 bits per heavy atom. The summed E-state index contributed by atoms with van der Waals surface area (Å²) in [5.41, 5.74) is 1.61. The summed E-state index contributed by atoms with van der Waals surface area (Å²) < 4.78 is 6.24. The van der Waals surface area contributed by atoms with Crippen LogP contribution in [0, 0.1) is 23.7 Å². The minimum atomic E-state index is 0.534. The van der Waals surface area contributed by atoms with E-state index < -0.39 is 0 Å². The van der Waals surface area contributed by atoms with Gasteiger partial charge in [-0.05, 0) is 67.8 Å². The SMILES string of the molecule is CCCC1CCC(C2CCC(CCC3CCC(CC)CC3)=CO2)CC1. The van der Waals surface area contributed by atoms with E-state index in [-0.39, 0.29) is 0 Å². The molecule has 1 unspecified atom stereocenters. The van der Waals surface area contributed by atoms with E-state index in [4.69, 9.17) is 4.74 Å². The van der Waals surface area contributed by atoms with E-state index in [0.717, 1.165) is 23.7 Å². The molecule has 25 heavy (non-hydrogen) atoms. The average Bonchev–Trinajstić information content (AvgIpc) is 2.68. The van der Waals surface area contributed by atoms with Crippen LogP contribution in [0.3, 0.4) is 0 Å². The van der Waals surface area contributed by atoms with Crippen molar-refractivity contribution in [1.82, 2.24) is 0 Å². The van der Waals surface area contributed by atoms with Crippen molar-refractivity contribution in [3.63, 3.8) is 0 Å². The van der Waals surface area contributed by atoms with E-state index in [2.05, 4.69) is 20.1 Å². The highest BCUT2D eigenvalue weighted by Crippen LogP contribution is 2.38. The fourth-order valence-corrected chi connectivity index (χ4v) is 5.74. The number of hydrogen-bond acceptors (Lipinski definition) is 1. The molecule has 0 spiro atoms. The molecule has 2 saturated carbocycles. The summed E-state index contributed by atoms with van der Waals surface area (Å²) in [5, 5.41) is 0. The van der Waals surface area contributed by atoms with Gasteiger partial charge >= 0.3 is 0 Å². The van der Waals surface area contributed by atoms with Crippen LogP contribution in [-0.2, 0) is 4.74 Å². The monoisotopic (exact) mass is 346 g/mol. The molecule has 0 saturated heterocycles. The van der Waals surface area contributed by atoms with E-state index in [9.17, 15) is 0 Å². The highest BCUT2D eigenvalue weighted by atomic mass is 16.5. The minimum absolute atomic E-state index is 0.534. The van der Waals surface area contributed by atoms with Gasteiger partial charge in [0.05, 0.1) is 6.26 Å². The van der Waals surface area contributed by atoms with Crippen LogP contribution in [0.25, 0.3) is 0 Å². The van der Waals surface area contributed by atoms with Gasteiger partial charge in [-0.1, -0.05) is 71.6 Å². The van der Waals surface area contributed by atoms with Crippen LogP contribution in [0.2, 0.25) is 0 Å². The first-order valence-electron chi connectivity index (χ1n) is 11.6. The standard InChI is InChI=1S/C24H42O/c1-3-5-20-12-15-23(16-13-20)24-17-14-22(18-25-24)11-10-21-8-6-19(4-2)7-9-21/h18-21,23-24H,3-17H2,1-2H3. The molecule has 1 nitrogen and oxygen atoms in total. The summed E-state index contributed by atoms with van der Waals surface area (Å²) in [6.07, 6.45) is 23.9. The molecule has 0 amide bonds. The third-order valence-electron chi connectivity index (χ3n) is 7.69. The normalized spacial score (nSPS) is 36.6. The van der Waals surface area contributed by atoms with E-state index in [1.54, 1.807) is 5.57 Å². The van der Waals surface area contributed by atoms with E-state index in [1.165, 1.54) is 96.3 Å². The van der Waals surface area contributed by atoms with Gasteiger partial charge in [-0.15, -0.1) is 0 Å². The van der Waals surface area contributed by atoms with Gasteiger partial charge in [0.25, 0.3) is 0 Å². The number of rotatable bonds is 7. The minimum Gasteiger partial charge on any atom is -0.498 e. The van der Waals surface area contributed by atoms with Gasteiger partial charge in [-0.2, -0.15) is 0 Å². The molecule has 2 fully saturated rings.